The van der Waals surface area contributed by atoms with E-state index in [9.17, 15) is 4.79 Å². The molecule has 0 heterocycles. The molecule has 0 aromatic heterocycles. The van der Waals surface area contributed by atoms with Gasteiger partial charge < -0.3 is 9.47 Å². The number of hydrogen-bond donors (Lipinski definition) is 1. The summed E-state index contributed by atoms with van der Waals surface area (Å²) in [6.45, 7) is 2.85. The van der Waals surface area contributed by atoms with Crippen LogP contribution in [0.1, 0.15) is 18.1 Å². The molecular formula is C28H24ClIN2O3S. The number of carbonyl (C=O) groups is 1. The number of carbonyl (C=O) groups excluding carboxylic acids is 1. The minimum absolute atomic E-state index is 0.194. The molecule has 0 saturated carbocycles. The standard InChI is InChI=1S/C28H24ClIN2O3S/c1-2-34-26-15-19(16-31-32-27(33)18-36-23-12-10-22(29)11-13-23)14-25(30)28(26)35-17-21-8-5-7-20-6-3-4-9-24(20)21/h3-16H,2,17-18H2,1H3,(H,32,33)/b31-16-. The average molecular weight is 631 g/mol. The number of hydrazone groups is 1. The van der Waals surface area contributed by atoms with Crippen molar-refractivity contribution in [3.63, 3.8) is 0 Å². The predicted octanol–water partition coefficient (Wildman–Crippen LogP) is 7.32. The third-order valence-corrected chi connectivity index (χ3v) is 7.24. The Bertz CT molecular complexity index is 1370. The molecule has 1 amide bonds. The van der Waals surface area contributed by atoms with Gasteiger partial charge in [0, 0.05) is 9.92 Å². The molecule has 0 radical (unpaired) electrons. The number of nitrogens with one attached hydrogen (secondary N) is 1. The fraction of sp³-hybridized carbons (Fsp3) is 0.143. The van der Waals surface area contributed by atoms with Crippen LogP contribution in [0.15, 0.2) is 88.9 Å². The van der Waals surface area contributed by atoms with E-state index in [0.717, 1.165) is 19.6 Å². The first kappa shape index (κ1) is 26.3. The Balaban J connectivity index is 1.40. The Labute approximate surface area is 233 Å². The fourth-order valence-electron chi connectivity index (χ4n) is 3.52. The molecule has 0 aliphatic carbocycles. The lowest BCUT2D eigenvalue weighted by Gasteiger charge is -2.15. The summed E-state index contributed by atoms with van der Waals surface area (Å²) in [6.07, 6.45) is 1.60. The lowest BCUT2D eigenvalue weighted by molar-refractivity contribution is -0.118. The molecule has 4 aromatic rings. The van der Waals surface area contributed by atoms with Gasteiger partial charge in [0.15, 0.2) is 11.5 Å². The zero-order valence-electron chi connectivity index (χ0n) is 19.5. The third-order valence-electron chi connectivity index (χ3n) is 5.17. The molecule has 5 nitrogen and oxygen atoms in total. The topological polar surface area (TPSA) is 59.9 Å². The van der Waals surface area contributed by atoms with E-state index in [2.05, 4.69) is 57.4 Å². The van der Waals surface area contributed by atoms with Gasteiger partial charge in [0.25, 0.3) is 0 Å². The summed E-state index contributed by atoms with van der Waals surface area (Å²) in [5.74, 6) is 1.38. The molecule has 0 atom stereocenters. The molecule has 36 heavy (non-hydrogen) atoms. The third kappa shape index (κ3) is 7.15. The van der Waals surface area contributed by atoms with Crippen LogP contribution < -0.4 is 14.9 Å². The Kier molecular flexibility index (Phi) is 9.49. The van der Waals surface area contributed by atoms with Gasteiger partial charge in [-0.2, -0.15) is 5.10 Å². The number of rotatable bonds is 10. The monoisotopic (exact) mass is 630 g/mol. The van der Waals surface area contributed by atoms with Gasteiger partial charge in [0.1, 0.15) is 6.61 Å². The number of ether oxygens (including phenoxy) is 2. The number of thioether (sulfide) groups is 1. The predicted molar refractivity (Wildman–Crippen MR) is 157 cm³/mol. The van der Waals surface area contributed by atoms with Crippen LogP contribution in [0.3, 0.4) is 0 Å². The molecule has 4 rings (SSSR count). The van der Waals surface area contributed by atoms with Gasteiger partial charge in [0.05, 0.1) is 22.1 Å². The zero-order chi connectivity index (χ0) is 25.3. The molecule has 0 bridgehead atoms. The molecule has 4 aromatic carbocycles. The SMILES string of the molecule is CCOc1cc(/C=N\NC(=O)CSc2ccc(Cl)cc2)cc(I)c1OCc1cccc2ccccc12. The van der Waals surface area contributed by atoms with Crippen molar-refractivity contribution in [2.45, 2.75) is 18.4 Å². The number of amides is 1. The van der Waals surface area contributed by atoms with Crippen molar-refractivity contribution in [2.75, 3.05) is 12.4 Å². The Morgan fingerprint density at radius 2 is 1.83 bits per heavy atom. The van der Waals surface area contributed by atoms with E-state index in [1.165, 1.54) is 22.5 Å². The maximum absolute atomic E-state index is 12.2. The van der Waals surface area contributed by atoms with E-state index in [-0.39, 0.29) is 11.7 Å². The van der Waals surface area contributed by atoms with Crippen LogP contribution >= 0.6 is 46.0 Å². The van der Waals surface area contributed by atoms with Crippen LogP contribution in [-0.4, -0.2) is 24.5 Å². The lowest BCUT2D eigenvalue weighted by Crippen LogP contribution is -2.19. The van der Waals surface area contributed by atoms with Crippen LogP contribution in [-0.2, 0) is 11.4 Å². The summed E-state index contributed by atoms with van der Waals surface area (Å²) in [7, 11) is 0. The highest BCUT2D eigenvalue weighted by Crippen LogP contribution is 2.35. The van der Waals surface area contributed by atoms with Crippen LogP contribution in [0.2, 0.25) is 5.02 Å². The van der Waals surface area contributed by atoms with Gasteiger partial charge in [0.2, 0.25) is 5.91 Å². The molecule has 0 saturated heterocycles. The van der Waals surface area contributed by atoms with Gasteiger partial charge in [-0.1, -0.05) is 54.1 Å². The molecule has 1 N–H and O–H groups in total. The van der Waals surface area contributed by atoms with Crippen LogP contribution in [0.25, 0.3) is 10.8 Å². The summed E-state index contributed by atoms with van der Waals surface area (Å²) in [6, 6.07) is 25.6. The molecule has 0 aliphatic heterocycles. The van der Waals surface area contributed by atoms with Crippen LogP contribution in [0.5, 0.6) is 11.5 Å². The largest absolute Gasteiger partial charge is 0.490 e. The summed E-state index contributed by atoms with van der Waals surface area (Å²) in [4.78, 5) is 13.1. The highest BCUT2D eigenvalue weighted by molar-refractivity contribution is 14.1. The quantitative estimate of drug-likeness (QED) is 0.0864. The van der Waals surface area contributed by atoms with Crippen molar-refractivity contribution in [1.82, 2.24) is 5.43 Å². The van der Waals surface area contributed by atoms with Crippen molar-refractivity contribution in [1.29, 1.82) is 0 Å². The van der Waals surface area contributed by atoms with Gasteiger partial charge >= 0.3 is 0 Å². The number of nitrogens with zero attached hydrogens (tertiary/aromatic N) is 1. The summed E-state index contributed by atoms with van der Waals surface area (Å²) in [5.41, 5.74) is 4.48. The maximum atomic E-state index is 12.2. The zero-order valence-corrected chi connectivity index (χ0v) is 23.3. The van der Waals surface area contributed by atoms with E-state index in [4.69, 9.17) is 21.1 Å². The van der Waals surface area contributed by atoms with Crippen molar-refractivity contribution in [3.8, 4) is 11.5 Å². The highest BCUT2D eigenvalue weighted by atomic mass is 127. The Hall–Kier alpha value is -2.75. The fourth-order valence-corrected chi connectivity index (χ4v) is 5.12. The molecule has 0 aliphatic rings. The van der Waals surface area contributed by atoms with E-state index < -0.39 is 0 Å². The van der Waals surface area contributed by atoms with Gasteiger partial charge in [-0.3, -0.25) is 4.79 Å². The molecule has 0 fully saturated rings. The summed E-state index contributed by atoms with van der Waals surface area (Å²) in [5, 5.41) is 7.12. The lowest BCUT2D eigenvalue weighted by atomic mass is 10.1. The van der Waals surface area contributed by atoms with E-state index in [1.54, 1.807) is 18.3 Å². The number of fused-ring (bicyclic) bond motifs is 1. The molecule has 0 spiro atoms. The van der Waals surface area contributed by atoms with E-state index >= 15 is 0 Å². The van der Waals surface area contributed by atoms with Crippen LogP contribution in [0.4, 0.5) is 0 Å². The summed E-state index contributed by atoms with van der Waals surface area (Å²) < 4.78 is 13.0. The van der Waals surface area contributed by atoms with Gasteiger partial charge in [-0.15, -0.1) is 11.8 Å². The second kappa shape index (κ2) is 13.0. The molecule has 8 heteroatoms. The Morgan fingerprint density at radius 3 is 2.64 bits per heavy atom. The average Bonchev–Trinajstić information content (AvgIpc) is 2.88. The molecular weight excluding hydrogens is 607 g/mol. The van der Waals surface area contributed by atoms with Gasteiger partial charge in [-0.05, 0) is 87.8 Å². The summed E-state index contributed by atoms with van der Waals surface area (Å²) >= 11 is 9.55. The van der Waals surface area contributed by atoms with Gasteiger partial charge in [-0.25, -0.2) is 5.43 Å². The van der Waals surface area contributed by atoms with E-state index in [1.807, 2.05) is 49.4 Å². The molecule has 184 valence electrons. The van der Waals surface area contributed by atoms with Crippen molar-refractivity contribution in [3.05, 3.63) is 98.6 Å². The first-order chi connectivity index (χ1) is 17.5. The molecule has 0 unspecified atom stereocenters. The Morgan fingerprint density at radius 1 is 1.06 bits per heavy atom. The van der Waals surface area contributed by atoms with Crippen molar-refractivity contribution < 1.29 is 14.3 Å². The number of halogens is 2. The number of benzene rings is 4. The minimum atomic E-state index is -0.194. The highest BCUT2D eigenvalue weighted by Gasteiger charge is 2.13. The first-order valence-corrected chi connectivity index (χ1v) is 13.7. The van der Waals surface area contributed by atoms with Crippen molar-refractivity contribution in [2.24, 2.45) is 5.10 Å². The normalized spacial score (nSPS) is 11.1. The smallest absolute Gasteiger partial charge is 0.250 e. The minimum Gasteiger partial charge on any atom is -0.490 e. The number of hydrogen-bond acceptors (Lipinski definition) is 5. The maximum Gasteiger partial charge on any atom is 0.250 e. The second-order valence-electron chi connectivity index (χ2n) is 7.73. The van der Waals surface area contributed by atoms with E-state index in [0.29, 0.717) is 29.7 Å². The first-order valence-electron chi connectivity index (χ1n) is 11.3. The van der Waals surface area contributed by atoms with Crippen LogP contribution in [0, 0.1) is 3.57 Å². The van der Waals surface area contributed by atoms with Crippen molar-refractivity contribution >= 4 is 68.8 Å². The second-order valence-corrected chi connectivity index (χ2v) is 10.4.